The number of aliphatic carboxylic acids is 1. The van der Waals surface area contributed by atoms with Gasteiger partial charge in [0.15, 0.2) is 0 Å². The summed E-state index contributed by atoms with van der Waals surface area (Å²) in [5.41, 5.74) is 5.41. The molecule has 1 fully saturated rings. The first-order valence-corrected chi connectivity index (χ1v) is 4.97. The second-order valence-corrected chi connectivity index (χ2v) is 3.89. The molecular weight excluding hydrogens is 198 g/mol. The van der Waals surface area contributed by atoms with Gasteiger partial charge in [-0.3, -0.25) is 14.5 Å². The smallest absolute Gasteiger partial charge is 0.321 e. The first-order chi connectivity index (χ1) is 6.99. The van der Waals surface area contributed by atoms with Crippen LogP contribution in [-0.2, 0) is 9.59 Å². The van der Waals surface area contributed by atoms with Crippen LogP contribution in [0.4, 0.5) is 0 Å². The Balaban J connectivity index is 2.30. The van der Waals surface area contributed by atoms with Crippen molar-refractivity contribution in [1.29, 1.82) is 0 Å². The van der Waals surface area contributed by atoms with Gasteiger partial charge in [0.2, 0.25) is 5.91 Å². The molecule has 0 spiro atoms. The van der Waals surface area contributed by atoms with E-state index in [2.05, 4.69) is 5.32 Å². The lowest BCUT2D eigenvalue weighted by Gasteiger charge is -2.18. The summed E-state index contributed by atoms with van der Waals surface area (Å²) >= 11 is 0. The molecule has 6 heteroatoms. The summed E-state index contributed by atoms with van der Waals surface area (Å²) in [6, 6.07) is -0.718. The fourth-order valence-corrected chi connectivity index (χ4v) is 1.76. The summed E-state index contributed by atoms with van der Waals surface area (Å²) in [5.74, 6) is -1.04. The highest BCUT2D eigenvalue weighted by Crippen LogP contribution is 2.08. The number of carboxylic acids is 1. The number of hydrogen-bond acceptors (Lipinski definition) is 4. The van der Waals surface area contributed by atoms with Crippen molar-refractivity contribution in [1.82, 2.24) is 10.2 Å². The number of hydrogen-bond donors (Lipinski definition) is 3. The Morgan fingerprint density at radius 1 is 1.67 bits per heavy atom. The van der Waals surface area contributed by atoms with Gasteiger partial charge in [0.05, 0.1) is 0 Å². The van der Waals surface area contributed by atoms with Crippen molar-refractivity contribution in [3.05, 3.63) is 0 Å². The van der Waals surface area contributed by atoms with Crippen molar-refractivity contribution < 1.29 is 14.7 Å². The number of nitrogens with zero attached hydrogens (tertiary/aromatic N) is 1. The van der Waals surface area contributed by atoms with Crippen LogP contribution in [0.3, 0.4) is 0 Å². The largest absolute Gasteiger partial charge is 0.480 e. The maximum absolute atomic E-state index is 10.8. The lowest BCUT2D eigenvalue weighted by Crippen LogP contribution is -2.43. The standard InChI is InChI=1S/C9H17N3O3/c1-6(13)11-7-2-3-12(4-7)5-8(10)9(14)15/h7-8H,2-5,10H2,1H3,(H,11,13)(H,14,15). The third-order valence-corrected chi connectivity index (χ3v) is 2.45. The van der Waals surface area contributed by atoms with Crippen LogP contribution in [0.2, 0.25) is 0 Å². The van der Waals surface area contributed by atoms with E-state index in [0.717, 1.165) is 13.0 Å². The number of amides is 1. The molecule has 1 heterocycles. The van der Waals surface area contributed by atoms with E-state index in [4.69, 9.17) is 10.8 Å². The van der Waals surface area contributed by atoms with Crippen LogP contribution in [0.5, 0.6) is 0 Å². The van der Waals surface area contributed by atoms with E-state index in [1.54, 1.807) is 0 Å². The molecule has 1 amide bonds. The van der Waals surface area contributed by atoms with E-state index in [1.165, 1.54) is 6.92 Å². The monoisotopic (exact) mass is 215 g/mol. The Labute approximate surface area is 88.4 Å². The molecular formula is C9H17N3O3. The Morgan fingerprint density at radius 2 is 2.33 bits per heavy atom. The van der Waals surface area contributed by atoms with Crippen LogP contribution in [0, 0.1) is 0 Å². The van der Waals surface area contributed by atoms with Crippen molar-refractivity contribution in [2.75, 3.05) is 19.6 Å². The van der Waals surface area contributed by atoms with Gasteiger partial charge < -0.3 is 16.2 Å². The highest BCUT2D eigenvalue weighted by molar-refractivity contribution is 5.73. The second-order valence-electron chi connectivity index (χ2n) is 3.89. The third kappa shape index (κ3) is 3.85. The Kier molecular flexibility index (Phi) is 4.05. The average molecular weight is 215 g/mol. The zero-order valence-electron chi connectivity index (χ0n) is 8.77. The molecule has 1 aliphatic heterocycles. The Hall–Kier alpha value is -1.14. The summed E-state index contributed by atoms with van der Waals surface area (Å²) in [7, 11) is 0. The lowest BCUT2D eigenvalue weighted by molar-refractivity contribution is -0.139. The molecule has 0 bridgehead atoms. The van der Waals surface area contributed by atoms with Crippen LogP contribution < -0.4 is 11.1 Å². The van der Waals surface area contributed by atoms with E-state index in [1.807, 2.05) is 4.90 Å². The molecule has 1 saturated heterocycles. The van der Waals surface area contributed by atoms with Crippen molar-refractivity contribution >= 4 is 11.9 Å². The first kappa shape index (κ1) is 11.9. The minimum atomic E-state index is -0.988. The normalized spacial score (nSPS) is 23.7. The molecule has 4 N–H and O–H groups in total. The van der Waals surface area contributed by atoms with Gasteiger partial charge in [-0.15, -0.1) is 0 Å². The maximum atomic E-state index is 10.8. The number of likely N-dealkylation sites (tertiary alicyclic amines) is 1. The quantitative estimate of drug-likeness (QED) is 0.536. The molecule has 0 radical (unpaired) electrons. The molecule has 1 aliphatic rings. The molecule has 0 aromatic rings. The first-order valence-electron chi connectivity index (χ1n) is 4.97. The SMILES string of the molecule is CC(=O)NC1CCN(CC(N)C(=O)O)C1. The summed E-state index contributed by atoms with van der Waals surface area (Å²) in [6.45, 7) is 3.28. The van der Waals surface area contributed by atoms with Crippen LogP contribution in [0.25, 0.3) is 0 Å². The highest BCUT2D eigenvalue weighted by atomic mass is 16.4. The third-order valence-electron chi connectivity index (χ3n) is 2.45. The average Bonchev–Trinajstić information content (AvgIpc) is 2.51. The summed E-state index contributed by atoms with van der Waals surface area (Å²) in [6.07, 6.45) is 0.853. The molecule has 0 aromatic heterocycles. The van der Waals surface area contributed by atoms with Crippen LogP contribution >= 0.6 is 0 Å². The summed E-state index contributed by atoms with van der Waals surface area (Å²) in [5, 5.41) is 11.4. The fraction of sp³-hybridized carbons (Fsp3) is 0.778. The summed E-state index contributed by atoms with van der Waals surface area (Å²) in [4.78, 5) is 23.3. The number of carbonyl (C=O) groups excluding carboxylic acids is 1. The zero-order valence-corrected chi connectivity index (χ0v) is 8.77. The minimum absolute atomic E-state index is 0.0515. The van der Waals surface area contributed by atoms with Crippen molar-refractivity contribution in [2.45, 2.75) is 25.4 Å². The van der Waals surface area contributed by atoms with Crippen LogP contribution in [-0.4, -0.2) is 53.6 Å². The molecule has 86 valence electrons. The van der Waals surface area contributed by atoms with Gasteiger partial charge in [-0.25, -0.2) is 0 Å². The van der Waals surface area contributed by atoms with Crippen molar-refractivity contribution in [3.8, 4) is 0 Å². The van der Waals surface area contributed by atoms with Gasteiger partial charge in [0.25, 0.3) is 0 Å². The predicted molar refractivity (Wildman–Crippen MR) is 54.3 cm³/mol. The minimum Gasteiger partial charge on any atom is -0.480 e. The Morgan fingerprint density at radius 3 is 2.87 bits per heavy atom. The summed E-state index contributed by atoms with van der Waals surface area (Å²) < 4.78 is 0. The van der Waals surface area contributed by atoms with Gasteiger partial charge in [0, 0.05) is 32.6 Å². The van der Waals surface area contributed by atoms with Gasteiger partial charge in [-0.1, -0.05) is 0 Å². The van der Waals surface area contributed by atoms with Crippen molar-refractivity contribution in [3.63, 3.8) is 0 Å². The molecule has 0 saturated carbocycles. The number of nitrogens with one attached hydrogen (secondary N) is 1. The van der Waals surface area contributed by atoms with Gasteiger partial charge in [0.1, 0.15) is 6.04 Å². The van der Waals surface area contributed by atoms with E-state index in [9.17, 15) is 9.59 Å². The van der Waals surface area contributed by atoms with E-state index in [0.29, 0.717) is 13.1 Å². The number of carbonyl (C=O) groups is 2. The molecule has 0 aromatic carbocycles. The van der Waals surface area contributed by atoms with Gasteiger partial charge in [-0.2, -0.15) is 0 Å². The fourth-order valence-electron chi connectivity index (χ4n) is 1.76. The molecule has 6 nitrogen and oxygen atoms in total. The molecule has 2 unspecified atom stereocenters. The highest BCUT2D eigenvalue weighted by Gasteiger charge is 2.25. The van der Waals surface area contributed by atoms with Crippen molar-refractivity contribution in [2.24, 2.45) is 5.73 Å². The molecule has 15 heavy (non-hydrogen) atoms. The molecule has 1 rings (SSSR count). The van der Waals surface area contributed by atoms with Gasteiger partial charge in [-0.05, 0) is 6.42 Å². The predicted octanol–water partition coefficient (Wildman–Crippen LogP) is -1.39. The van der Waals surface area contributed by atoms with Crippen LogP contribution in [0.15, 0.2) is 0 Å². The molecule has 0 aliphatic carbocycles. The number of carboxylic acid groups (broad SMARTS) is 1. The van der Waals surface area contributed by atoms with Crippen LogP contribution in [0.1, 0.15) is 13.3 Å². The molecule has 2 atom stereocenters. The van der Waals surface area contributed by atoms with E-state index in [-0.39, 0.29) is 11.9 Å². The van der Waals surface area contributed by atoms with E-state index < -0.39 is 12.0 Å². The topological polar surface area (TPSA) is 95.7 Å². The number of rotatable bonds is 4. The lowest BCUT2D eigenvalue weighted by atomic mass is 10.2. The zero-order chi connectivity index (χ0) is 11.4. The maximum Gasteiger partial charge on any atom is 0.321 e. The van der Waals surface area contributed by atoms with Gasteiger partial charge >= 0.3 is 5.97 Å². The number of nitrogens with two attached hydrogens (primary N) is 1. The van der Waals surface area contributed by atoms with E-state index >= 15 is 0 Å². The second kappa shape index (κ2) is 5.09. The Bertz CT molecular complexity index is 257.